The van der Waals surface area contributed by atoms with Crippen LogP contribution in [0.15, 0.2) is 24.3 Å². The van der Waals surface area contributed by atoms with Gasteiger partial charge in [0.2, 0.25) is 0 Å². The molecule has 2 aromatic carbocycles. The minimum atomic E-state index is -0.217. The Bertz CT molecular complexity index is 878. The van der Waals surface area contributed by atoms with Gasteiger partial charge in [-0.3, -0.25) is 9.69 Å². The van der Waals surface area contributed by atoms with Crippen molar-refractivity contribution in [3.63, 3.8) is 0 Å². The van der Waals surface area contributed by atoms with Crippen LogP contribution in [0.2, 0.25) is 0 Å². The zero-order chi connectivity index (χ0) is 23.6. The Morgan fingerprint density at radius 2 is 1.31 bits per heavy atom. The molecule has 0 bridgehead atoms. The molecule has 0 spiro atoms. The summed E-state index contributed by atoms with van der Waals surface area (Å²) in [6.07, 6.45) is 1.98. The van der Waals surface area contributed by atoms with Crippen LogP contribution in [0.1, 0.15) is 66.1 Å². The molecule has 174 valence electrons. The third-order valence-electron chi connectivity index (χ3n) is 6.39. The lowest BCUT2D eigenvalue weighted by molar-refractivity contribution is -0.143. The number of hydrogen-bond donors (Lipinski definition) is 0. The van der Waals surface area contributed by atoms with Crippen LogP contribution in [0.25, 0.3) is 0 Å². The summed E-state index contributed by atoms with van der Waals surface area (Å²) in [4.78, 5) is 15.2. The maximum atomic E-state index is 12.8. The first-order valence-corrected chi connectivity index (χ1v) is 11.5. The van der Waals surface area contributed by atoms with Gasteiger partial charge in [0.25, 0.3) is 0 Å². The van der Waals surface area contributed by atoms with Gasteiger partial charge in [-0.15, -0.1) is 0 Å². The molecule has 0 aliphatic carbocycles. The van der Waals surface area contributed by atoms with Gasteiger partial charge >= 0.3 is 5.97 Å². The summed E-state index contributed by atoms with van der Waals surface area (Å²) in [6.45, 7) is 12.7. The molecule has 1 aliphatic rings. The molecule has 1 heterocycles. The van der Waals surface area contributed by atoms with Crippen LogP contribution in [0.3, 0.4) is 0 Å². The van der Waals surface area contributed by atoms with Crippen LogP contribution < -0.4 is 9.47 Å². The maximum absolute atomic E-state index is 12.8. The number of aryl methyl sites for hydroxylation is 4. The summed E-state index contributed by atoms with van der Waals surface area (Å²) >= 11 is 0. The van der Waals surface area contributed by atoms with Gasteiger partial charge in [-0.05, 0) is 74.4 Å². The monoisotopic (exact) mass is 439 g/mol. The highest BCUT2D eigenvalue weighted by molar-refractivity contribution is 5.80. The van der Waals surface area contributed by atoms with E-state index in [1.807, 2.05) is 6.92 Å². The minimum Gasteiger partial charge on any atom is -0.496 e. The van der Waals surface area contributed by atoms with Crippen molar-refractivity contribution < 1.29 is 19.0 Å². The van der Waals surface area contributed by atoms with Gasteiger partial charge in [-0.2, -0.15) is 0 Å². The minimum absolute atomic E-state index is 0.0485. The molecule has 1 saturated heterocycles. The lowest BCUT2D eigenvalue weighted by Crippen LogP contribution is -2.21. The molecule has 0 saturated carbocycles. The number of hydrogen-bond acceptors (Lipinski definition) is 5. The fraction of sp³-hybridized carbons (Fsp3) is 0.519. The van der Waals surface area contributed by atoms with Crippen LogP contribution in [-0.2, 0) is 9.53 Å². The van der Waals surface area contributed by atoms with Crippen molar-refractivity contribution in [3.8, 4) is 11.5 Å². The second-order valence-corrected chi connectivity index (χ2v) is 8.78. The lowest BCUT2D eigenvalue weighted by Gasteiger charge is -2.25. The molecule has 3 rings (SSSR count). The highest BCUT2D eigenvalue weighted by Crippen LogP contribution is 2.47. The van der Waals surface area contributed by atoms with E-state index in [2.05, 4.69) is 63.8 Å². The average Bonchev–Trinajstić information content (AvgIpc) is 3.41. The summed E-state index contributed by atoms with van der Waals surface area (Å²) in [5.41, 5.74) is 6.70. The highest BCUT2D eigenvalue weighted by atomic mass is 16.5. The van der Waals surface area contributed by atoms with Crippen molar-refractivity contribution >= 4 is 5.97 Å². The third-order valence-corrected chi connectivity index (χ3v) is 6.39. The zero-order valence-electron chi connectivity index (χ0n) is 20.7. The molecule has 0 amide bonds. The first kappa shape index (κ1) is 24.1. The van der Waals surface area contributed by atoms with Crippen molar-refractivity contribution in [3.05, 3.63) is 57.6 Å². The van der Waals surface area contributed by atoms with Gasteiger partial charge < -0.3 is 14.2 Å². The molecular formula is C27H37NO4. The quantitative estimate of drug-likeness (QED) is 0.384. The Morgan fingerprint density at radius 3 is 1.66 bits per heavy atom. The van der Waals surface area contributed by atoms with Crippen LogP contribution in [-0.4, -0.2) is 43.8 Å². The van der Waals surface area contributed by atoms with Crippen molar-refractivity contribution in [1.29, 1.82) is 0 Å². The zero-order valence-corrected chi connectivity index (χ0v) is 20.7. The van der Waals surface area contributed by atoms with E-state index in [1.165, 1.54) is 0 Å². The number of nitrogens with zero attached hydrogens (tertiary/aromatic N) is 1. The molecular weight excluding hydrogens is 402 g/mol. The second kappa shape index (κ2) is 9.95. The van der Waals surface area contributed by atoms with Gasteiger partial charge in [0.05, 0.1) is 26.9 Å². The largest absolute Gasteiger partial charge is 0.496 e. The van der Waals surface area contributed by atoms with E-state index in [4.69, 9.17) is 14.2 Å². The lowest BCUT2D eigenvalue weighted by atomic mass is 9.92. The Labute approximate surface area is 192 Å². The number of esters is 1. The first-order chi connectivity index (χ1) is 15.3. The Balaban J connectivity index is 2.16. The predicted molar refractivity (Wildman–Crippen MR) is 128 cm³/mol. The molecule has 2 aromatic rings. The van der Waals surface area contributed by atoms with E-state index in [0.717, 1.165) is 57.7 Å². The van der Waals surface area contributed by atoms with Crippen LogP contribution in [0.4, 0.5) is 0 Å². The summed E-state index contributed by atoms with van der Waals surface area (Å²) < 4.78 is 16.7. The fourth-order valence-electron chi connectivity index (χ4n) is 5.22. The third kappa shape index (κ3) is 4.49. The maximum Gasteiger partial charge on any atom is 0.325 e. The SMILES string of the molecule is CCC[C@H]1[C@@H](C(=O)OCC)N1C(c1cc(C)c(OC)c(C)c1)c1cc(C)c(OC)c(C)c1. The second-order valence-electron chi connectivity index (χ2n) is 8.78. The van der Waals surface area contributed by atoms with E-state index in [0.29, 0.717) is 6.61 Å². The van der Waals surface area contributed by atoms with Gasteiger partial charge in [0.15, 0.2) is 0 Å². The molecule has 1 aliphatic heterocycles. The molecule has 3 atom stereocenters. The van der Waals surface area contributed by atoms with E-state index in [-0.39, 0.29) is 24.1 Å². The van der Waals surface area contributed by atoms with E-state index in [1.54, 1.807) is 14.2 Å². The first-order valence-electron chi connectivity index (χ1n) is 11.5. The molecule has 0 aromatic heterocycles. The van der Waals surface area contributed by atoms with Gasteiger partial charge in [-0.1, -0.05) is 37.6 Å². The van der Waals surface area contributed by atoms with E-state index < -0.39 is 0 Å². The highest BCUT2D eigenvalue weighted by Gasteiger charge is 2.56. The van der Waals surface area contributed by atoms with E-state index >= 15 is 0 Å². The number of carbonyl (C=O) groups is 1. The average molecular weight is 440 g/mol. The van der Waals surface area contributed by atoms with Crippen LogP contribution in [0, 0.1) is 27.7 Å². The number of rotatable bonds is 9. The van der Waals surface area contributed by atoms with E-state index in [9.17, 15) is 4.79 Å². The topological polar surface area (TPSA) is 47.8 Å². The van der Waals surface area contributed by atoms with Crippen LogP contribution in [0.5, 0.6) is 11.5 Å². The Kier molecular flexibility index (Phi) is 7.50. The van der Waals surface area contributed by atoms with Crippen LogP contribution >= 0.6 is 0 Å². The van der Waals surface area contributed by atoms with Crippen molar-refractivity contribution in [2.24, 2.45) is 0 Å². The number of benzene rings is 2. The number of carbonyl (C=O) groups excluding carboxylic acids is 1. The van der Waals surface area contributed by atoms with Crippen molar-refractivity contribution in [1.82, 2.24) is 4.90 Å². The summed E-state index contributed by atoms with van der Waals surface area (Å²) in [5.74, 6) is 1.69. The van der Waals surface area contributed by atoms with Gasteiger partial charge in [-0.25, -0.2) is 0 Å². The standard InChI is InChI=1S/C27H37NO4/c1-9-11-22-24(27(29)32-10-2)28(22)23(20-12-16(3)25(30-7)17(4)13-20)21-14-18(5)26(31-8)19(6)15-21/h12-15,22-24H,9-11H2,1-8H3/t22-,24-,28?/m0/s1. The van der Waals surface area contributed by atoms with Gasteiger partial charge in [0, 0.05) is 6.04 Å². The van der Waals surface area contributed by atoms with Crippen molar-refractivity contribution in [2.45, 2.75) is 72.5 Å². The predicted octanol–water partition coefficient (Wildman–Crippen LogP) is 5.44. The molecule has 5 heteroatoms. The number of methoxy groups -OCH3 is 2. The Morgan fingerprint density at radius 1 is 0.875 bits per heavy atom. The smallest absolute Gasteiger partial charge is 0.325 e. The fourth-order valence-corrected chi connectivity index (χ4v) is 5.22. The summed E-state index contributed by atoms with van der Waals surface area (Å²) in [6, 6.07) is 8.67. The molecule has 0 N–H and O–H groups in total. The number of ether oxygens (including phenoxy) is 3. The summed E-state index contributed by atoms with van der Waals surface area (Å²) in [5, 5.41) is 0. The van der Waals surface area contributed by atoms with Gasteiger partial charge in [0.1, 0.15) is 17.5 Å². The summed E-state index contributed by atoms with van der Waals surface area (Å²) in [7, 11) is 3.42. The molecule has 0 radical (unpaired) electrons. The van der Waals surface area contributed by atoms with Crippen molar-refractivity contribution in [2.75, 3.05) is 20.8 Å². The normalized spacial score (nSPS) is 19.7. The Hall–Kier alpha value is -2.53. The molecule has 1 fully saturated rings. The molecule has 5 nitrogen and oxygen atoms in total. The molecule has 1 unspecified atom stereocenters. The molecule has 32 heavy (non-hydrogen) atoms.